The minimum atomic E-state index is -0.148. The summed E-state index contributed by atoms with van der Waals surface area (Å²) in [5.74, 6) is -0.148. The highest BCUT2D eigenvalue weighted by Gasteiger charge is 2.42. The maximum atomic E-state index is 11.7. The molecule has 0 saturated carbocycles. The number of methoxy groups -OCH3 is 1. The molecule has 3 heteroatoms. The van der Waals surface area contributed by atoms with Crippen molar-refractivity contribution in [1.82, 2.24) is 4.98 Å². The molecule has 2 aromatic rings. The van der Waals surface area contributed by atoms with E-state index in [1.807, 2.05) is 12.3 Å². The summed E-state index contributed by atoms with van der Waals surface area (Å²) >= 11 is 0. The fourth-order valence-corrected chi connectivity index (χ4v) is 3.77. The number of hydrogen-bond acceptors (Lipinski definition) is 3. The Labute approximate surface area is 131 Å². The van der Waals surface area contributed by atoms with E-state index < -0.39 is 0 Å². The number of hydrogen-bond donors (Lipinski definition) is 0. The van der Waals surface area contributed by atoms with Gasteiger partial charge < -0.3 is 4.74 Å². The summed E-state index contributed by atoms with van der Waals surface area (Å²) in [6, 6.07) is 12.6. The molecule has 114 valence electrons. The standard InChI is InChI=1S/C19H21NO2/c1-3-11-19(12-10-17(21)22-2)15-8-5-4-7-14(15)18-16(19)9-6-13-20-18/h4-9,13H,3,10-12H2,1-2H3. The van der Waals surface area contributed by atoms with Crippen LogP contribution < -0.4 is 0 Å². The Bertz CT molecular complexity index is 648. The molecule has 22 heavy (non-hydrogen) atoms. The van der Waals surface area contributed by atoms with E-state index in [2.05, 4.69) is 42.2 Å². The maximum Gasteiger partial charge on any atom is 0.305 e. The van der Waals surface area contributed by atoms with Crippen LogP contribution in [-0.4, -0.2) is 18.1 Å². The number of benzene rings is 1. The second-order valence-electron chi connectivity index (χ2n) is 5.85. The second kappa shape index (κ2) is 5.91. The highest BCUT2D eigenvalue weighted by Crippen LogP contribution is 2.52. The van der Waals surface area contributed by atoms with Crippen molar-refractivity contribution in [3.63, 3.8) is 0 Å². The van der Waals surface area contributed by atoms with E-state index in [-0.39, 0.29) is 11.4 Å². The first kappa shape index (κ1) is 14.8. The lowest BCUT2D eigenvalue weighted by molar-refractivity contribution is -0.141. The average molecular weight is 295 g/mol. The van der Waals surface area contributed by atoms with Gasteiger partial charge in [0.1, 0.15) is 0 Å². The van der Waals surface area contributed by atoms with E-state index in [9.17, 15) is 4.79 Å². The molecule has 1 aromatic carbocycles. The Kier molecular flexibility index (Phi) is 3.97. The van der Waals surface area contributed by atoms with Gasteiger partial charge in [0.05, 0.1) is 12.8 Å². The first-order chi connectivity index (χ1) is 10.7. The number of esters is 1. The molecule has 0 saturated heterocycles. The molecule has 3 rings (SSSR count). The fourth-order valence-electron chi connectivity index (χ4n) is 3.77. The van der Waals surface area contributed by atoms with Crippen LogP contribution in [0.4, 0.5) is 0 Å². The Morgan fingerprint density at radius 3 is 2.68 bits per heavy atom. The van der Waals surface area contributed by atoms with Crippen LogP contribution in [0.15, 0.2) is 42.6 Å². The molecule has 1 aromatic heterocycles. The van der Waals surface area contributed by atoms with Crippen LogP contribution in [0.1, 0.15) is 43.7 Å². The molecule has 0 spiro atoms. The Morgan fingerprint density at radius 2 is 1.91 bits per heavy atom. The number of carbonyl (C=O) groups is 1. The van der Waals surface area contributed by atoms with Gasteiger partial charge in [-0.25, -0.2) is 0 Å². The highest BCUT2D eigenvalue weighted by atomic mass is 16.5. The van der Waals surface area contributed by atoms with Crippen molar-refractivity contribution >= 4 is 5.97 Å². The molecule has 1 aliphatic carbocycles. The molecule has 0 N–H and O–H groups in total. The second-order valence-corrected chi connectivity index (χ2v) is 5.85. The summed E-state index contributed by atoms with van der Waals surface area (Å²) in [5.41, 5.74) is 4.70. The lowest BCUT2D eigenvalue weighted by Gasteiger charge is -2.31. The molecule has 1 atom stereocenters. The van der Waals surface area contributed by atoms with Gasteiger partial charge >= 0.3 is 5.97 Å². The normalized spacial score (nSPS) is 18.6. The lowest BCUT2D eigenvalue weighted by atomic mass is 9.71. The van der Waals surface area contributed by atoms with Gasteiger partial charge in [0, 0.05) is 23.6 Å². The molecule has 0 radical (unpaired) electrons. The number of rotatable bonds is 5. The number of carbonyl (C=O) groups excluding carboxylic acids is 1. The number of nitrogens with zero attached hydrogens (tertiary/aromatic N) is 1. The van der Waals surface area contributed by atoms with Gasteiger partial charge in [-0.05, 0) is 30.0 Å². The van der Waals surface area contributed by atoms with E-state index in [0.29, 0.717) is 6.42 Å². The van der Waals surface area contributed by atoms with Gasteiger partial charge in [0.15, 0.2) is 0 Å². The highest BCUT2D eigenvalue weighted by molar-refractivity contribution is 5.79. The Balaban J connectivity index is 2.13. The van der Waals surface area contributed by atoms with Crippen LogP contribution >= 0.6 is 0 Å². The Morgan fingerprint density at radius 1 is 1.14 bits per heavy atom. The zero-order valence-corrected chi connectivity index (χ0v) is 13.1. The van der Waals surface area contributed by atoms with Crippen LogP contribution in [0, 0.1) is 0 Å². The molecule has 0 aliphatic heterocycles. The van der Waals surface area contributed by atoms with E-state index >= 15 is 0 Å². The predicted octanol–water partition coefficient (Wildman–Crippen LogP) is 4.10. The van der Waals surface area contributed by atoms with Crippen LogP contribution in [0.2, 0.25) is 0 Å². The summed E-state index contributed by atoms with van der Waals surface area (Å²) in [6.45, 7) is 2.19. The van der Waals surface area contributed by atoms with Crippen LogP contribution in [-0.2, 0) is 14.9 Å². The van der Waals surface area contributed by atoms with E-state index in [1.54, 1.807) is 0 Å². The van der Waals surface area contributed by atoms with E-state index in [1.165, 1.54) is 23.8 Å². The zero-order chi connectivity index (χ0) is 15.6. The number of pyridine rings is 1. The molecule has 1 aliphatic rings. The van der Waals surface area contributed by atoms with Crippen molar-refractivity contribution in [2.24, 2.45) is 0 Å². The topological polar surface area (TPSA) is 39.2 Å². The van der Waals surface area contributed by atoms with Gasteiger partial charge in [-0.3, -0.25) is 9.78 Å². The Hall–Kier alpha value is -2.16. The number of ether oxygens (including phenoxy) is 1. The summed E-state index contributed by atoms with van der Waals surface area (Å²) in [6.07, 6.45) is 5.11. The van der Waals surface area contributed by atoms with Gasteiger partial charge in [0.25, 0.3) is 0 Å². The third-order valence-corrected chi connectivity index (χ3v) is 4.68. The van der Waals surface area contributed by atoms with Gasteiger partial charge in [-0.1, -0.05) is 43.7 Å². The average Bonchev–Trinajstić information content (AvgIpc) is 2.84. The molecule has 0 bridgehead atoms. The SMILES string of the molecule is CCCC1(CCC(=O)OC)c2ccccc2-c2ncccc21. The smallest absolute Gasteiger partial charge is 0.305 e. The third kappa shape index (κ3) is 2.21. The van der Waals surface area contributed by atoms with Gasteiger partial charge in [0.2, 0.25) is 0 Å². The summed E-state index contributed by atoms with van der Waals surface area (Å²) in [5, 5.41) is 0. The number of aromatic nitrogens is 1. The predicted molar refractivity (Wildman–Crippen MR) is 86.6 cm³/mol. The summed E-state index contributed by atoms with van der Waals surface area (Å²) in [7, 11) is 1.45. The third-order valence-electron chi connectivity index (χ3n) is 4.68. The van der Waals surface area contributed by atoms with Crippen molar-refractivity contribution in [1.29, 1.82) is 0 Å². The minimum absolute atomic E-state index is 0.122. The zero-order valence-electron chi connectivity index (χ0n) is 13.1. The molecular formula is C19H21NO2. The molecule has 3 nitrogen and oxygen atoms in total. The first-order valence-electron chi connectivity index (χ1n) is 7.85. The largest absolute Gasteiger partial charge is 0.469 e. The van der Waals surface area contributed by atoms with Crippen LogP contribution in [0.5, 0.6) is 0 Å². The van der Waals surface area contributed by atoms with Crippen molar-refractivity contribution in [2.75, 3.05) is 7.11 Å². The van der Waals surface area contributed by atoms with Crippen molar-refractivity contribution in [3.8, 4) is 11.3 Å². The van der Waals surface area contributed by atoms with E-state index in [0.717, 1.165) is 25.0 Å². The fraction of sp³-hybridized carbons (Fsp3) is 0.368. The van der Waals surface area contributed by atoms with Crippen molar-refractivity contribution in [2.45, 2.75) is 38.0 Å². The van der Waals surface area contributed by atoms with Gasteiger partial charge in [-0.2, -0.15) is 0 Å². The van der Waals surface area contributed by atoms with Crippen LogP contribution in [0.25, 0.3) is 11.3 Å². The van der Waals surface area contributed by atoms with Crippen LogP contribution in [0.3, 0.4) is 0 Å². The minimum Gasteiger partial charge on any atom is -0.469 e. The molecule has 0 fully saturated rings. The van der Waals surface area contributed by atoms with Crippen molar-refractivity contribution < 1.29 is 9.53 Å². The van der Waals surface area contributed by atoms with Gasteiger partial charge in [-0.15, -0.1) is 0 Å². The molecule has 1 unspecified atom stereocenters. The van der Waals surface area contributed by atoms with Crippen molar-refractivity contribution in [3.05, 3.63) is 53.7 Å². The maximum absolute atomic E-state index is 11.7. The lowest BCUT2D eigenvalue weighted by Crippen LogP contribution is -2.26. The summed E-state index contributed by atoms with van der Waals surface area (Å²) in [4.78, 5) is 16.3. The molecule has 0 amide bonds. The molecule has 1 heterocycles. The van der Waals surface area contributed by atoms with E-state index in [4.69, 9.17) is 4.74 Å². The quantitative estimate of drug-likeness (QED) is 0.779. The number of fused-ring (bicyclic) bond motifs is 3. The monoisotopic (exact) mass is 295 g/mol. The summed E-state index contributed by atoms with van der Waals surface area (Å²) < 4.78 is 4.85. The first-order valence-corrected chi connectivity index (χ1v) is 7.85. The molecular weight excluding hydrogens is 274 g/mol.